The van der Waals surface area contributed by atoms with Gasteiger partial charge in [0.1, 0.15) is 5.56 Å². The summed E-state index contributed by atoms with van der Waals surface area (Å²) in [6.07, 6.45) is 1.48. The molecular weight excluding hydrogens is 230 g/mol. The van der Waals surface area contributed by atoms with E-state index in [9.17, 15) is 4.79 Å². The molecule has 0 unspecified atom stereocenters. The summed E-state index contributed by atoms with van der Waals surface area (Å²) >= 11 is 0. The average molecular weight is 241 g/mol. The summed E-state index contributed by atoms with van der Waals surface area (Å²) in [7, 11) is 1.72. The zero-order valence-electron chi connectivity index (χ0n) is 10.0. The van der Waals surface area contributed by atoms with Crippen LogP contribution in [0.5, 0.6) is 11.6 Å². The van der Waals surface area contributed by atoms with Crippen LogP contribution in [0.25, 0.3) is 0 Å². The second kappa shape index (κ2) is 3.80. The highest BCUT2D eigenvalue weighted by atomic mass is 16.5. The minimum absolute atomic E-state index is 0.149. The number of hydrogen-bond acceptors (Lipinski definition) is 4. The molecule has 0 N–H and O–H groups in total. The third-order valence-corrected chi connectivity index (χ3v) is 2.90. The summed E-state index contributed by atoms with van der Waals surface area (Å²) in [5.41, 5.74) is 2.22. The molecule has 1 aromatic carbocycles. The number of aromatic nitrogens is 2. The largest absolute Gasteiger partial charge is 0.435 e. The summed E-state index contributed by atoms with van der Waals surface area (Å²) in [6, 6.07) is 7.28. The lowest BCUT2D eigenvalue weighted by molar-refractivity contribution is 0.0992. The van der Waals surface area contributed by atoms with Gasteiger partial charge in [0, 0.05) is 7.05 Å². The molecule has 0 saturated carbocycles. The molecule has 0 saturated heterocycles. The average Bonchev–Trinajstić information content (AvgIpc) is 2.48. The summed E-state index contributed by atoms with van der Waals surface area (Å²) in [4.78, 5) is 13.9. The Bertz CT molecular complexity index is 640. The third-order valence-electron chi connectivity index (χ3n) is 2.90. The molecule has 2 heterocycles. The molecule has 1 aliphatic rings. The van der Waals surface area contributed by atoms with Gasteiger partial charge in [0.2, 0.25) is 0 Å². The van der Waals surface area contributed by atoms with E-state index in [0.29, 0.717) is 11.3 Å². The van der Waals surface area contributed by atoms with Crippen LogP contribution in [0.2, 0.25) is 0 Å². The van der Waals surface area contributed by atoms with Crippen LogP contribution in [0, 0.1) is 6.92 Å². The number of rotatable bonds is 0. The Morgan fingerprint density at radius 3 is 2.94 bits per heavy atom. The molecule has 0 bridgehead atoms. The van der Waals surface area contributed by atoms with Gasteiger partial charge in [0.25, 0.3) is 11.8 Å². The third kappa shape index (κ3) is 1.52. The molecule has 18 heavy (non-hydrogen) atoms. The Labute approximate surface area is 104 Å². The zero-order valence-corrected chi connectivity index (χ0v) is 10.0. The van der Waals surface area contributed by atoms with Crippen molar-refractivity contribution in [1.82, 2.24) is 10.2 Å². The number of amides is 1. The molecule has 5 nitrogen and oxygen atoms in total. The van der Waals surface area contributed by atoms with E-state index in [2.05, 4.69) is 10.2 Å². The molecule has 1 aromatic heterocycles. The first-order valence-corrected chi connectivity index (χ1v) is 5.55. The van der Waals surface area contributed by atoms with Crippen molar-refractivity contribution in [3.05, 3.63) is 41.6 Å². The first kappa shape index (κ1) is 10.7. The summed E-state index contributed by atoms with van der Waals surface area (Å²) in [6.45, 7) is 1.97. The van der Waals surface area contributed by atoms with E-state index in [1.165, 1.54) is 6.20 Å². The highest BCUT2D eigenvalue weighted by Gasteiger charge is 2.26. The molecule has 3 rings (SSSR count). The summed E-state index contributed by atoms with van der Waals surface area (Å²) < 4.78 is 5.66. The van der Waals surface area contributed by atoms with Crippen molar-refractivity contribution in [2.24, 2.45) is 0 Å². The van der Waals surface area contributed by atoms with Crippen molar-refractivity contribution < 1.29 is 9.53 Å². The summed E-state index contributed by atoms with van der Waals surface area (Å²) in [5, 5.41) is 7.61. The van der Waals surface area contributed by atoms with Gasteiger partial charge in [-0.3, -0.25) is 4.79 Å². The van der Waals surface area contributed by atoms with E-state index in [4.69, 9.17) is 4.74 Å². The van der Waals surface area contributed by atoms with Crippen molar-refractivity contribution in [3.8, 4) is 11.6 Å². The second-order valence-electron chi connectivity index (χ2n) is 4.19. The molecule has 0 fully saturated rings. The predicted molar refractivity (Wildman–Crippen MR) is 66.0 cm³/mol. The van der Waals surface area contributed by atoms with Crippen LogP contribution in [0.3, 0.4) is 0 Å². The minimum atomic E-state index is -0.149. The summed E-state index contributed by atoms with van der Waals surface area (Å²) in [5.74, 6) is 0.705. The van der Waals surface area contributed by atoms with E-state index < -0.39 is 0 Å². The lowest BCUT2D eigenvalue weighted by Crippen LogP contribution is -2.25. The monoisotopic (exact) mass is 241 g/mol. The lowest BCUT2D eigenvalue weighted by atomic mass is 10.2. The maximum absolute atomic E-state index is 12.3. The predicted octanol–water partition coefficient (Wildman–Crippen LogP) is 2.17. The van der Waals surface area contributed by atoms with Crippen LogP contribution in [0.4, 0.5) is 5.69 Å². The van der Waals surface area contributed by atoms with Gasteiger partial charge >= 0.3 is 0 Å². The highest BCUT2D eigenvalue weighted by Crippen LogP contribution is 2.37. The molecule has 1 amide bonds. The number of fused-ring (bicyclic) bond motifs is 2. The Morgan fingerprint density at radius 2 is 2.11 bits per heavy atom. The van der Waals surface area contributed by atoms with Crippen molar-refractivity contribution >= 4 is 11.6 Å². The quantitative estimate of drug-likeness (QED) is 0.709. The Balaban J connectivity index is 2.23. The topological polar surface area (TPSA) is 55.3 Å². The molecule has 0 radical (unpaired) electrons. The highest BCUT2D eigenvalue weighted by molar-refractivity contribution is 6.08. The lowest BCUT2D eigenvalue weighted by Gasteiger charge is -2.16. The van der Waals surface area contributed by atoms with Crippen LogP contribution in [-0.4, -0.2) is 23.2 Å². The van der Waals surface area contributed by atoms with Crippen molar-refractivity contribution in [2.75, 3.05) is 11.9 Å². The maximum Gasteiger partial charge on any atom is 0.263 e. The number of benzene rings is 1. The van der Waals surface area contributed by atoms with Gasteiger partial charge in [0.15, 0.2) is 5.75 Å². The second-order valence-corrected chi connectivity index (χ2v) is 4.19. The van der Waals surface area contributed by atoms with Gasteiger partial charge in [0.05, 0.1) is 11.9 Å². The van der Waals surface area contributed by atoms with E-state index in [-0.39, 0.29) is 11.8 Å². The number of ether oxygens (including phenoxy) is 1. The van der Waals surface area contributed by atoms with Gasteiger partial charge in [-0.1, -0.05) is 6.07 Å². The molecule has 1 aliphatic heterocycles. The normalized spacial score (nSPS) is 13.4. The first-order valence-electron chi connectivity index (χ1n) is 5.55. The van der Waals surface area contributed by atoms with Gasteiger partial charge in [-0.2, -0.15) is 5.10 Å². The van der Waals surface area contributed by atoms with E-state index in [1.54, 1.807) is 18.0 Å². The van der Waals surface area contributed by atoms with E-state index >= 15 is 0 Å². The molecule has 2 aromatic rings. The van der Waals surface area contributed by atoms with Crippen LogP contribution in [-0.2, 0) is 0 Å². The molecule has 0 atom stereocenters. The fraction of sp³-hybridized carbons (Fsp3) is 0.154. The van der Waals surface area contributed by atoms with Crippen molar-refractivity contribution in [1.29, 1.82) is 0 Å². The van der Waals surface area contributed by atoms with Gasteiger partial charge in [-0.05, 0) is 30.7 Å². The molecule has 5 heteroatoms. The zero-order chi connectivity index (χ0) is 12.7. The Kier molecular flexibility index (Phi) is 2.26. The number of hydrogen-bond donors (Lipinski definition) is 0. The van der Waals surface area contributed by atoms with Crippen molar-refractivity contribution in [2.45, 2.75) is 6.92 Å². The Morgan fingerprint density at radius 1 is 1.28 bits per heavy atom. The Hall–Kier alpha value is -2.43. The molecular formula is C13H11N3O2. The minimum Gasteiger partial charge on any atom is -0.435 e. The maximum atomic E-state index is 12.3. The van der Waals surface area contributed by atoms with Crippen LogP contribution >= 0.6 is 0 Å². The number of nitrogens with zero attached hydrogens (tertiary/aromatic N) is 3. The van der Waals surface area contributed by atoms with Crippen molar-refractivity contribution in [3.63, 3.8) is 0 Å². The fourth-order valence-electron chi connectivity index (χ4n) is 1.93. The smallest absolute Gasteiger partial charge is 0.263 e. The number of carbonyl (C=O) groups is 1. The molecule has 90 valence electrons. The number of aryl methyl sites for hydroxylation is 1. The fourth-order valence-corrected chi connectivity index (χ4v) is 1.93. The first-order chi connectivity index (χ1) is 8.66. The van der Waals surface area contributed by atoms with Gasteiger partial charge < -0.3 is 9.64 Å². The van der Waals surface area contributed by atoms with Crippen LogP contribution < -0.4 is 9.64 Å². The van der Waals surface area contributed by atoms with Crippen LogP contribution in [0.1, 0.15) is 15.9 Å². The SMILES string of the molecule is Cc1ccc2c(c1)N(C)C(=O)c1ccnnc1O2. The molecule has 0 aliphatic carbocycles. The van der Waals surface area contributed by atoms with E-state index in [0.717, 1.165) is 11.3 Å². The van der Waals surface area contributed by atoms with E-state index in [1.807, 2.05) is 25.1 Å². The standard InChI is InChI=1S/C13H11N3O2/c1-8-3-4-11-10(7-8)16(2)13(17)9-5-6-14-15-12(9)18-11/h3-7H,1-2H3. The van der Waals surface area contributed by atoms with Crippen LogP contribution in [0.15, 0.2) is 30.5 Å². The van der Waals surface area contributed by atoms with Gasteiger partial charge in [-0.15, -0.1) is 5.10 Å². The molecule has 0 spiro atoms. The van der Waals surface area contributed by atoms with Gasteiger partial charge in [-0.25, -0.2) is 0 Å². The number of carbonyl (C=O) groups excluding carboxylic acids is 1. The number of anilines is 1.